The molecule has 1 saturated heterocycles. The molecule has 27 heavy (non-hydrogen) atoms. The van der Waals surface area contributed by atoms with E-state index >= 15 is 0 Å². The second kappa shape index (κ2) is 7.88. The van der Waals surface area contributed by atoms with Crippen LogP contribution in [0, 0.1) is 0 Å². The van der Waals surface area contributed by atoms with Gasteiger partial charge in [0.15, 0.2) is 5.17 Å². The van der Waals surface area contributed by atoms with Crippen molar-refractivity contribution in [3.8, 4) is 11.3 Å². The highest BCUT2D eigenvalue weighted by molar-refractivity contribution is 9.10. The SMILES string of the molecule is O=C1NC(=Nc2ccc(Br)cc2)S/C1=C/c1ccc(-c2ccc(Br)cc2)o1. The minimum atomic E-state index is -0.183. The largest absolute Gasteiger partial charge is 0.457 e. The van der Waals surface area contributed by atoms with Crippen molar-refractivity contribution >= 4 is 66.5 Å². The molecule has 0 radical (unpaired) electrons. The van der Waals surface area contributed by atoms with Crippen LogP contribution < -0.4 is 5.32 Å². The summed E-state index contributed by atoms with van der Waals surface area (Å²) < 4.78 is 7.85. The van der Waals surface area contributed by atoms with Crippen molar-refractivity contribution in [2.75, 3.05) is 0 Å². The number of benzene rings is 2. The predicted molar refractivity (Wildman–Crippen MR) is 117 cm³/mol. The summed E-state index contributed by atoms with van der Waals surface area (Å²) in [6.45, 7) is 0. The van der Waals surface area contributed by atoms with Crippen LogP contribution >= 0.6 is 43.6 Å². The summed E-state index contributed by atoms with van der Waals surface area (Å²) in [5.41, 5.74) is 1.75. The lowest BCUT2D eigenvalue weighted by atomic mass is 10.2. The van der Waals surface area contributed by atoms with Crippen LogP contribution in [0.3, 0.4) is 0 Å². The van der Waals surface area contributed by atoms with Crippen molar-refractivity contribution in [2.45, 2.75) is 0 Å². The van der Waals surface area contributed by atoms with Crippen LogP contribution in [0.25, 0.3) is 17.4 Å². The van der Waals surface area contributed by atoms with E-state index in [4.69, 9.17) is 4.42 Å². The van der Waals surface area contributed by atoms with E-state index in [1.165, 1.54) is 11.8 Å². The second-order valence-electron chi connectivity index (χ2n) is 5.67. The highest BCUT2D eigenvalue weighted by Crippen LogP contribution is 2.30. The summed E-state index contributed by atoms with van der Waals surface area (Å²) in [4.78, 5) is 17.2. The fourth-order valence-corrected chi connectivity index (χ4v) is 3.79. The quantitative estimate of drug-likeness (QED) is 0.423. The van der Waals surface area contributed by atoms with Gasteiger partial charge in [0.1, 0.15) is 11.5 Å². The summed E-state index contributed by atoms with van der Waals surface area (Å²) in [6.07, 6.45) is 1.73. The molecule has 4 rings (SSSR count). The van der Waals surface area contributed by atoms with Crippen molar-refractivity contribution in [3.63, 3.8) is 0 Å². The molecule has 1 aromatic heterocycles. The lowest BCUT2D eigenvalue weighted by Crippen LogP contribution is -2.19. The van der Waals surface area contributed by atoms with Crippen LogP contribution in [0.15, 0.2) is 83.9 Å². The Morgan fingerprint density at radius 1 is 0.926 bits per heavy atom. The molecule has 1 aliphatic heterocycles. The molecule has 1 N–H and O–H groups in total. The van der Waals surface area contributed by atoms with Gasteiger partial charge in [-0.05, 0) is 60.3 Å². The number of amides is 1. The number of rotatable bonds is 3. The number of hydrogen-bond acceptors (Lipinski definition) is 4. The molecule has 0 aliphatic carbocycles. The molecule has 3 aromatic rings. The molecule has 1 fully saturated rings. The van der Waals surface area contributed by atoms with E-state index in [-0.39, 0.29) is 5.91 Å². The molecule has 4 nitrogen and oxygen atoms in total. The molecule has 0 atom stereocenters. The number of carbonyl (C=O) groups is 1. The van der Waals surface area contributed by atoms with Gasteiger partial charge in [-0.15, -0.1) is 0 Å². The first-order valence-electron chi connectivity index (χ1n) is 7.98. The Bertz CT molecular complexity index is 1050. The molecule has 1 aliphatic rings. The monoisotopic (exact) mass is 502 g/mol. The van der Waals surface area contributed by atoms with Gasteiger partial charge in [-0.2, -0.15) is 0 Å². The number of amidine groups is 1. The van der Waals surface area contributed by atoms with E-state index in [0.717, 1.165) is 26.0 Å². The van der Waals surface area contributed by atoms with Crippen molar-refractivity contribution in [3.05, 3.63) is 80.3 Å². The van der Waals surface area contributed by atoms with E-state index in [0.29, 0.717) is 15.8 Å². The maximum absolute atomic E-state index is 12.2. The highest BCUT2D eigenvalue weighted by atomic mass is 79.9. The van der Waals surface area contributed by atoms with E-state index in [1.807, 2.05) is 60.7 Å². The van der Waals surface area contributed by atoms with Crippen LogP contribution in [-0.4, -0.2) is 11.1 Å². The molecule has 0 unspecified atom stereocenters. The minimum absolute atomic E-state index is 0.183. The van der Waals surface area contributed by atoms with Gasteiger partial charge in [0.2, 0.25) is 0 Å². The van der Waals surface area contributed by atoms with Crippen molar-refractivity contribution in [1.29, 1.82) is 0 Å². The lowest BCUT2D eigenvalue weighted by Gasteiger charge is -1.97. The van der Waals surface area contributed by atoms with E-state index in [9.17, 15) is 4.79 Å². The number of hydrogen-bond donors (Lipinski definition) is 1. The number of thioether (sulfide) groups is 1. The first-order valence-corrected chi connectivity index (χ1v) is 10.4. The third kappa shape index (κ3) is 4.43. The first-order chi connectivity index (χ1) is 13.1. The van der Waals surface area contributed by atoms with E-state index in [1.54, 1.807) is 6.08 Å². The number of nitrogens with one attached hydrogen (secondary N) is 1. The standard InChI is InChI=1S/C20H12Br2N2O2S/c21-13-3-1-12(2-4-13)17-10-9-16(26-17)11-18-19(25)24-20(27-18)23-15-7-5-14(22)6-8-15/h1-11H,(H,23,24,25)/b18-11+. The van der Waals surface area contributed by atoms with Crippen LogP contribution in [0.2, 0.25) is 0 Å². The number of halogens is 2. The van der Waals surface area contributed by atoms with Crippen molar-refractivity contribution < 1.29 is 9.21 Å². The normalized spacial score (nSPS) is 16.9. The molecule has 2 heterocycles. The molecule has 0 bridgehead atoms. The molecular weight excluding hydrogens is 492 g/mol. The maximum atomic E-state index is 12.2. The molecule has 0 spiro atoms. The topological polar surface area (TPSA) is 54.6 Å². The van der Waals surface area contributed by atoms with E-state index < -0.39 is 0 Å². The number of carbonyl (C=O) groups excluding carboxylic acids is 1. The summed E-state index contributed by atoms with van der Waals surface area (Å²) in [5.74, 6) is 1.19. The number of nitrogens with zero attached hydrogens (tertiary/aromatic N) is 1. The molecule has 134 valence electrons. The van der Waals surface area contributed by atoms with Crippen LogP contribution in [-0.2, 0) is 4.79 Å². The smallest absolute Gasteiger partial charge is 0.264 e. The molecule has 0 saturated carbocycles. The Morgan fingerprint density at radius 2 is 1.59 bits per heavy atom. The van der Waals surface area contributed by atoms with Gasteiger partial charge in [-0.25, -0.2) is 4.99 Å². The van der Waals surface area contributed by atoms with Crippen molar-refractivity contribution in [1.82, 2.24) is 5.32 Å². The minimum Gasteiger partial charge on any atom is -0.457 e. The third-order valence-electron chi connectivity index (χ3n) is 3.74. The first kappa shape index (κ1) is 18.3. The van der Waals surface area contributed by atoms with Crippen LogP contribution in [0.1, 0.15) is 5.76 Å². The Morgan fingerprint density at radius 3 is 2.30 bits per heavy atom. The van der Waals surface area contributed by atoms with Gasteiger partial charge in [0, 0.05) is 20.6 Å². The second-order valence-corrected chi connectivity index (χ2v) is 8.53. The summed E-state index contributed by atoms with van der Waals surface area (Å²) in [5, 5.41) is 3.33. The molecule has 7 heteroatoms. The summed E-state index contributed by atoms with van der Waals surface area (Å²) >= 11 is 8.10. The molecule has 2 aromatic carbocycles. The van der Waals surface area contributed by atoms with Gasteiger partial charge in [0.05, 0.1) is 10.6 Å². The average molecular weight is 504 g/mol. The Balaban J connectivity index is 1.53. The lowest BCUT2D eigenvalue weighted by molar-refractivity contribution is -0.115. The zero-order valence-corrected chi connectivity index (χ0v) is 17.8. The van der Waals surface area contributed by atoms with Gasteiger partial charge >= 0.3 is 0 Å². The Hall–Kier alpha value is -2.09. The number of aliphatic imine (C=N–C) groups is 1. The fraction of sp³-hybridized carbons (Fsp3) is 0. The van der Waals surface area contributed by atoms with Gasteiger partial charge in [-0.1, -0.05) is 44.0 Å². The van der Waals surface area contributed by atoms with Crippen LogP contribution in [0.4, 0.5) is 5.69 Å². The van der Waals surface area contributed by atoms with Gasteiger partial charge in [-0.3, -0.25) is 4.79 Å². The molecule has 1 amide bonds. The van der Waals surface area contributed by atoms with E-state index in [2.05, 4.69) is 42.2 Å². The highest BCUT2D eigenvalue weighted by Gasteiger charge is 2.24. The fourth-order valence-electron chi connectivity index (χ4n) is 2.44. The van der Waals surface area contributed by atoms with Crippen molar-refractivity contribution in [2.24, 2.45) is 4.99 Å². The van der Waals surface area contributed by atoms with Crippen LogP contribution in [0.5, 0.6) is 0 Å². The summed E-state index contributed by atoms with van der Waals surface area (Å²) in [6, 6.07) is 19.2. The Kier molecular flexibility index (Phi) is 5.33. The maximum Gasteiger partial charge on any atom is 0.264 e. The molecular formula is C20H12Br2N2O2S. The number of furan rings is 1. The zero-order chi connectivity index (χ0) is 18.8. The average Bonchev–Trinajstić information content (AvgIpc) is 3.25. The Labute approximate surface area is 177 Å². The zero-order valence-electron chi connectivity index (χ0n) is 13.8. The summed E-state index contributed by atoms with van der Waals surface area (Å²) in [7, 11) is 0. The van der Waals surface area contributed by atoms with Gasteiger partial charge in [0.25, 0.3) is 5.91 Å². The third-order valence-corrected chi connectivity index (χ3v) is 5.70. The predicted octanol–water partition coefficient (Wildman–Crippen LogP) is 6.36. The van der Waals surface area contributed by atoms with Gasteiger partial charge < -0.3 is 9.73 Å².